The third-order valence-corrected chi connectivity index (χ3v) is 4.57. The number of carbonyl (C=O) groups excluding carboxylic acids is 1. The Morgan fingerprint density at radius 3 is 2.48 bits per heavy atom. The van der Waals surface area contributed by atoms with Gasteiger partial charge in [0.15, 0.2) is 5.69 Å². The van der Waals surface area contributed by atoms with Crippen molar-refractivity contribution in [1.29, 1.82) is 0 Å². The second kappa shape index (κ2) is 9.19. The van der Waals surface area contributed by atoms with E-state index in [1.807, 2.05) is 6.07 Å². The summed E-state index contributed by atoms with van der Waals surface area (Å²) in [4.78, 5) is 30.4. The normalized spacial score (nSPS) is 10.7. The van der Waals surface area contributed by atoms with Crippen molar-refractivity contribution in [3.8, 4) is 11.6 Å². The molecular weight excluding hydrogens is 396 g/mol. The summed E-state index contributed by atoms with van der Waals surface area (Å²) in [6.45, 7) is 0.675. The van der Waals surface area contributed by atoms with Crippen LogP contribution in [0.25, 0.3) is 16.5 Å². The van der Waals surface area contributed by atoms with Crippen molar-refractivity contribution in [3.63, 3.8) is 0 Å². The van der Waals surface area contributed by atoms with E-state index in [1.165, 1.54) is 4.68 Å². The Morgan fingerprint density at radius 1 is 0.968 bits per heavy atom. The molecule has 0 aliphatic rings. The summed E-state index contributed by atoms with van der Waals surface area (Å²) in [5, 5.41) is 8.04. The van der Waals surface area contributed by atoms with E-state index in [1.54, 1.807) is 74.0 Å². The van der Waals surface area contributed by atoms with Gasteiger partial charge in [-0.05, 0) is 30.3 Å². The van der Waals surface area contributed by atoms with Crippen molar-refractivity contribution < 1.29 is 14.3 Å². The molecule has 0 aliphatic heterocycles. The summed E-state index contributed by atoms with van der Waals surface area (Å²) >= 11 is 0. The molecule has 8 heteroatoms. The van der Waals surface area contributed by atoms with Gasteiger partial charge in [0.25, 0.3) is 11.5 Å². The van der Waals surface area contributed by atoms with Gasteiger partial charge in [0.05, 0.1) is 17.7 Å². The zero-order chi connectivity index (χ0) is 21.6. The predicted octanol–water partition coefficient (Wildman–Crippen LogP) is 3.06. The molecule has 0 saturated carbocycles. The molecule has 2 aromatic heterocycles. The monoisotopic (exact) mass is 416 g/mol. The topological polar surface area (TPSA) is 95.3 Å². The number of nitrogens with one attached hydrogen (secondary N) is 1. The van der Waals surface area contributed by atoms with Crippen LogP contribution in [0.3, 0.4) is 0 Å². The first-order chi connectivity index (χ1) is 15.2. The van der Waals surface area contributed by atoms with E-state index in [4.69, 9.17) is 9.47 Å². The largest absolute Gasteiger partial charge is 0.474 e. The zero-order valence-electron chi connectivity index (χ0n) is 16.8. The van der Waals surface area contributed by atoms with Crippen molar-refractivity contribution >= 4 is 22.4 Å². The van der Waals surface area contributed by atoms with Gasteiger partial charge < -0.3 is 14.8 Å². The second-order valence-electron chi connectivity index (χ2n) is 6.60. The van der Waals surface area contributed by atoms with Crippen LogP contribution in [0.1, 0.15) is 10.5 Å². The van der Waals surface area contributed by atoms with E-state index in [9.17, 15) is 9.59 Å². The quantitative estimate of drug-likeness (QED) is 0.465. The highest BCUT2D eigenvalue weighted by Gasteiger charge is 2.19. The highest BCUT2D eigenvalue weighted by molar-refractivity contribution is 6.11. The number of nitrogens with zero attached hydrogens (tertiary/aromatic N) is 3. The van der Waals surface area contributed by atoms with Crippen LogP contribution in [-0.2, 0) is 4.74 Å². The van der Waals surface area contributed by atoms with E-state index >= 15 is 0 Å². The number of benzene rings is 2. The maximum Gasteiger partial charge on any atom is 0.279 e. The first kappa shape index (κ1) is 20.2. The SMILES string of the molecule is COCCOc1ncccc1NC(=O)c1nn(-c2ccccc2)c(=O)c2ccccc12. The standard InChI is InChI=1S/C23H20N4O4/c1-30-14-15-31-22-19(12-7-13-24-22)25-21(28)20-17-10-5-6-11-18(17)23(29)27(26-20)16-8-3-2-4-9-16/h2-13H,14-15H2,1H3,(H,25,28). The van der Waals surface area contributed by atoms with Crippen LogP contribution >= 0.6 is 0 Å². The van der Waals surface area contributed by atoms with Gasteiger partial charge in [-0.25, -0.2) is 4.98 Å². The minimum atomic E-state index is -0.481. The van der Waals surface area contributed by atoms with Crippen LogP contribution < -0.4 is 15.6 Å². The van der Waals surface area contributed by atoms with E-state index < -0.39 is 5.91 Å². The maximum absolute atomic E-state index is 13.2. The minimum Gasteiger partial charge on any atom is -0.474 e. The number of carbonyl (C=O) groups is 1. The lowest BCUT2D eigenvalue weighted by Gasteiger charge is -2.13. The smallest absolute Gasteiger partial charge is 0.279 e. The van der Waals surface area contributed by atoms with Crippen LogP contribution in [0.2, 0.25) is 0 Å². The van der Waals surface area contributed by atoms with Gasteiger partial charge in [-0.15, -0.1) is 0 Å². The third-order valence-electron chi connectivity index (χ3n) is 4.57. The Hall–Kier alpha value is -4.04. The molecule has 0 radical (unpaired) electrons. The van der Waals surface area contributed by atoms with Crippen molar-refractivity contribution in [2.75, 3.05) is 25.6 Å². The summed E-state index contributed by atoms with van der Waals surface area (Å²) in [7, 11) is 1.57. The Labute approximate surface area is 178 Å². The molecule has 0 bridgehead atoms. The number of amides is 1. The van der Waals surface area contributed by atoms with Gasteiger partial charge in [-0.2, -0.15) is 9.78 Å². The van der Waals surface area contributed by atoms with Crippen molar-refractivity contribution in [2.45, 2.75) is 0 Å². The molecule has 0 saturated heterocycles. The summed E-state index contributed by atoms with van der Waals surface area (Å²) in [5.74, 6) is -0.209. The number of pyridine rings is 1. The second-order valence-corrected chi connectivity index (χ2v) is 6.60. The number of anilines is 1. The number of rotatable bonds is 7. The maximum atomic E-state index is 13.2. The van der Waals surface area contributed by atoms with Gasteiger partial charge in [0, 0.05) is 18.7 Å². The molecule has 1 amide bonds. The van der Waals surface area contributed by atoms with Gasteiger partial charge in [0.1, 0.15) is 12.3 Å². The number of hydrogen-bond donors (Lipinski definition) is 1. The molecule has 0 atom stereocenters. The average Bonchev–Trinajstić information content (AvgIpc) is 2.81. The number of para-hydroxylation sites is 1. The first-order valence-electron chi connectivity index (χ1n) is 9.64. The molecule has 8 nitrogen and oxygen atoms in total. The van der Waals surface area contributed by atoms with Gasteiger partial charge in [-0.1, -0.05) is 36.4 Å². The molecule has 1 N–H and O–H groups in total. The van der Waals surface area contributed by atoms with Crippen LogP contribution in [-0.4, -0.2) is 41.0 Å². The first-order valence-corrected chi connectivity index (χ1v) is 9.64. The van der Waals surface area contributed by atoms with Crippen LogP contribution in [0.15, 0.2) is 77.7 Å². The Morgan fingerprint density at radius 2 is 1.71 bits per heavy atom. The lowest BCUT2D eigenvalue weighted by Crippen LogP contribution is -2.26. The lowest BCUT2D eigenvalue weighted by molar-refractivity contribution is 0.102. The highest BCUT2D eigenvalue weighted by atomic mass is 16.5. The summed E-state index contributed by atoms with van der Waals surface area (Å²) < 4.78 is 11.8. The number of methoxy groups -OCH3 is 1. The van der Waals surface area contributed by atoms with E-state index in [-0.39, 0.29) is 23.7 Å². The van der Waals surface area contributed by atoms with Crippen molar-refractivity contribution in [3.05, 3.63) is 89.0 Å². The molecule has 156 valence electrons. The molecule has 0 unspecified atom stereocenters. The highest BCUT2D eigenvalue weighted by Crippen LogP contribution is 2.23. The fourth-order valence-corrected chi connectivity index (χ4v) is 3.11. The molecular formula is C23H20N4O4. The average molecular weight is 416 g/mol. The third kappa shape index (κ3) is 4.29. The number of hydrogen-bond acceptors (Lipinski definition) is 6. The Bertz CT molecular complexity index is 1270. The molecule has 2 aromatic carbocycles. The molecule has 0 aliphatic carbocycles. The lowest BCUT2D eigenvalue weighted by atomic mass is 10.1. The van der Waals surface area contributed by atoms with Gasteiger partial charge in [0.2, 0.25) is 5.88 Å². The Balaban J connectivity index is 1.76. The van der Waals surface area contributed by atoms with E-state index in [2.05, 4.69) is 15.4 Å². The number of ether oxygens (including phenoxy) is 2. The number of fused-ring (bicyclic) bond motifs is 1. The molecule has 0 fully saturated rings. The van der Waals surface area contributed by atoms with Crippen LogP contribution in [0, 0.1) is 0 Å². The van der Waals surface area contributed by atoms with Gasteiger partial charge in [-0.3, -0.25) is 9.59 Å². The van der Waals surface area contributed by atoms with Gasteiger partial charge >= 0.3 is 0 Å². The fraction of sp³-hybridized carbons (Fsp3) is 0.130. The molecule has 4 aromatic rings. The minimum absolute atomic E-state index is 0.116. The van der Waals surface area contributed by atoms with E-state index in [0.717, 1.165) is 0 Å². The number of aromatic nitrogens is 3. The summed E-state index contributed by atoms with van der Waals surface area (Å²) in [6, 6.07) is 19.2. The van der Waals surface area contributed by atoms with Crippen LogP contribution in [0.4, 0.5) is 5.69 Å². The van der Waals surface area contributed by atoms with E-state index in [0.29, 0.717) is 28.8 Å². The van der Waals surface area contributed by atoms with Crippen molar-refractivity contribution in [2.24, 2.45) is 0 Å². The fourth-order valence-electron chi connectivity index (χ4n) is 3.11. The zero-order valence-corrected chi connectivity index (χ0v) is 16.8. The van der Waals surface area contributed by atoms with Crippen LogP contribution in [0.5, 0.6) is 5.88 Å². The molecule has 2 heterocycles. The molecule has 31 heavy (non-hydrogen) atoms. The van der Waals surface area contributed by atoms with Crippen molar-refractivity contribution in [1.82, 2.24) is 14.8 Å². The predicted molar refractivity (Wildman–Crippen MR) is 117 cm³/mol. The summed E-state index contributed by atoms with van der Waals surface area (Å²) in [5.41, 5.74) is 0.776. The molecule has 0 spiro atoms. The Kier molecular flexibility index (Phi) is 6.00. The molecule has 4 rings (SSSR count). The summed E-state index contributed by atoms with van der Waals surface area (Å²) in [6.07, 6.45) is 1.57.